The summed E-state index contributed by atoms with van der Waals surface area (Å²) in [6, 6.07) is 3.86. The zero-order chi connectivity index (χ0) is 17.9. The molecular formula is C15H16F3NO5. The minimum atomic E-state index is -4.69. The molecule has 0 radical (unpaired) electrons. The Balaban J connectivity index is 2.32. The van der Waals surface area contributed by atoms with Crippen molar-refractivity contribution >= 4 is 12.0 Å². The molecule has 0 aromatic heterocycles. The maximum atomic E-state index is 13.5. The van der Waals surface area contributed by atoms with Gasteiger partial charge in [0.05, 0.1) is 26.7 Å². The maximum absolute atomic E-state index is 13.5. The number of amides is 2. The second-order valence-corrected chi connectivity index (χ2v) is 5.07. The topological polar surface area (TPSA) is 65.1 Å². The Labute approximate surface area is 136 Å². The zero-order valence-corrected chi connectivity index (χ0v) is 13.1. The van der Waals surface area contributed by atoms with Crippen molar-refractivity contribution in [3.05, 3.63) is 23.8 Å². The van der Waals surface area contributed by atoms with E-state index in [4.69, 9.17) is 9.47 Å². The van der Waals surface area contributed by atoms with Crippen LogP contribution in [0.1, 0.15) is 17.9 Å². The van der Waals surface area contributed by atoms with Gasteiger partial charge in [-0.3, -0.25) is 4.79 Å². The predicted molar refractivity (Wildman–Crippen MR) is 76.0 cm³/mol. The fourth-order valence-electron chi connectivity index (χ4n) is 2.41. The quantitative estimate of drug-likeness (QED) is 0.819. The molecule has 1 aromatic rings. The molecule has 1 heterocycles. The number of methoxy groups -OCH3 is 2. The molecule has 24 heavy (non-hydrogen) atoms. The Hall–Kier alpha value is -2.45. The van der Waals surface area contributed by atoms with Gasteiger partial charge in [-0.25, -0.2) is 9.69 Å². The van der Waals surface area contributed by atoms with Gasteiger partial charge in [0.15, 0.2) is 0 Å². The largest absolute Gasteiger partial charge is 0.497 e. The number of hydrogen-bond acceptors (Lipinski definition) is 5. The minimum absolute atomic E-state index is 0.0207. The van der Waals surface area contributed by atoms with Crippen LogP contribution in [0.15, 0.2) is 18.2 Å². The van der Waals surface area contributed by atoms with Gasteiger partial charge in [0.1, 0.15) is 18.1 Å². The number of ether oxygens (including phenoxy) is 3. The standard InChI is InChI=1S/C15H16F3NO5/c1-22-9-3-4-10(12(7-9)23-2)11(15(16,17)18)8-13(20)19-5-6-24-14(19)21/h3-4,7,11H,5-6,8H2,1-2H3/t11-/m0/s1. The number of halogens is 3. The van der Waals surface area contributed by atoms with E-state index in [1.165, 1.54) is 32.4 Å². The van der Waals surface area contributed by atoms with Crippen molar-refractivity contribution in [2.75, 3.05) is 27.4 Å². The first kappa shape index (κ1) is 17.9. The molecule has 1 saturated heterocycles. The van der Waals surface area contributed by atoms with E-state index in [2.05, 4.69) is 4.74 Å². The van der Waals surface area contributed by atoms with Gasteiger partial charge in [0, 0.05) is 18.1 Å². The van der Waals surface area contributed by atoms with E-state index in [1.54, 1.807) is 0 Å². The molecule has 0 N–H and O–H groups in total. The van der Waals surface area contributed by atoms with Crippen LogP contribution < -0.4 is 9.47 Å². The molecule has 1 atom stereocenters. The Morgan fingerprint density at radius 3 is 2.54 bits per heavy atom. The zero-order valence-electron chi connectivity index (χ0n) is 13.1. The summed E-state index contributed by atoms with van der Waals surface area (Å²) < 4.78 is 55.0. The third-order valence-corrected chi connectivity index (χ3v) is 3.65. The highest BCUT2D eigenvalue weighted by molar-refractivity contribution is 5.93. The molecule has 1 aliphatic heterocycles. The van der Waals surface area contributed by atoms with E-state index < -0.39 is 30.5 Å². The highest BCUT2D eigenvalue weighted by atomic mass is 19.4. The van der Waals surface area contributed by atoms with Gasteiger partial charge in [-0.2, -0.15) is 13.2 Å². The highest BCUT2D eigenvalue weighted by Gasteiger charge is 2.45. The fraction of sp³-hybridized carbons (Fsp3) is 0.467. The molecule has 0 unspecified atom stereocenters. The van der Waals surface area contributed by atoms with Crippen molar-refractivity contribution in [3.63, 3.8) is 0 Å². The lowest BCUT2D eigenvalue weighted by molar-refractivity contribution is -0.159. The summed E-state index contributed by atoms with van der Waals surface area (Å²) in [5, 5.41) is 0. The molecule has 2 amide bonds. The second-order valence-electron chi connectivity index (χ2n) is 5.07. The molecular weight excluding hydrogens is 331 g/mol. The number of carbonyl (C=O) groups excluding carboxylic acids is 2. The first-order chi connectivity index (χ1) is 11.3. The first-order valence-electron chi connectivity index (χ1n) is 7.03. The first-order valence-corrected chi connectivity index (χ1v) is 7.03. The van der Waals surface area contributed by atoms with Gasteiger partial charge in [-0.1, -0.05) is 6.07 Å². The summed E-state index contributed by atoms with van der Waals surface area (Å²) in [7, 11) is 2.60. The molecule has 9 heteroatoms. The number of nitrogens with zero attached hydrogens (tertiary/aromatic N) is 1. The van der Waals surface area contributed by atoms with E-state index in [-0.39, 0.29) is 24.5 Å². The normalized spacial score (nSPS) is 15.9. The maximum Gasteiger partial charge on any atom is 0.416 e. The summed E-state index contributed by atoms with van der Waals surface area (Å²) in [6.07, 6.45) is -6.54. The molecule has 6 nitrogen and oxygen atoms in total. The average molecular weight is 347 g/mol. The molecule has 2 rings (SSSR count). The highest BCUT2D eigenvalue weighted by Crippen LogP contribution is 2.42. The van der Waals surface area contributed by atoms with Gasteiger partial charge < -0.3 is 14.2 Å². The monoisotopic (exact) mass is 347 g/mol. The Morgan fingerprint density at radius 1 is 1.33 bits per heavy atom. The van der Waals surface area contributed by atoms with E-state index in [9.17, 15) is 22.8 Å². The van der Waals surface area contributed by atoms with Crippen LogP contribution >= 0.6 is 0 Å². The van der Waals surface area contributed by atoms with E-state index in [0.717, 1.165) is 0 Å². The van der Waals surface area contributed by atoms with Gasteiger partial charge >= 0.3 is 12.3 Å². The van der Waals surface area contributed by atoms with Crippen LogP contribution in [0.4, 0.5) is 18.0 Å². The summed E-state index contributed by atoms with van der Waals surface area (Å²) in [6.45, 7) is -0.0743. The van der Waals surface area contributed by atoms with E-state index >= 15 is 0 Å². The lowest BCUT2D eigenvalue weighted by atomic mass is 9.93. The van der Waals surface area contributed by atoms with Crippen LogP contribution in [-0.2, 0) is 9.53 Å². The van der Waals surface area contributed by atoms with Crippen LogP contribution in [0.25, 0.3) is 0 Å². The number of cyclic esters (lactones) is 1. The Morgan fingerprint density at radius 2 is 2.04 bits per heavy atom. The minimum Gasteiger partial charge on any atom is -0.497 e. The lowest BCUT2D eigenvalue weighted by Gasteiger charge is -2.23. The molecule has 0 aliphatic carbocycles. The van der Waals surface area contributed by atoms with Crippen LogP contribution in [0.3, 0.4) is 0 Å². The summed E-state index contributed by atoms with van der Waals surface area (Å²) in [5.41, 5.74) is -0.202. The molecule has 1 aromatic carbocycles. The van der Waals surface area contributed by atoms with Gasteiger partial charge in [-0.15, -0.1) is 0 Å². The van der Waals surface area contributed by atoms with Gasteiger partial charge in [0.25, 0.3) is 0 Å². The van der Waals surface area contributed by atoms with Crippen molar-refractivity contribution in [1.29, 1.82) is 0 Å². The summed E-state index contributed by atoms with van der Waals surface area (Å²) in [4.78, 5) is 24.1. The average Bonchev–Trinajstić information content (AvgIpc) is 2.97. The number of alkyl halides is 3. The van der Waals surface area contributed by atoms with Crippen molar-refractivity contribution in [2.45, 2.75) is 18.5 Å². The molecule has 0 bridgehead atoms. The molecule has 0 saturated carbocycles. The van der Waals surface area contributed by atoms with Crippen molar-refractivity contribution in [2.24, 2.45) is 0 Å². The molecule has 1 aliphatic rings. The number of carbonyl (C=O) groups is 2. The predicted octanol–water partition coefficient (Wildman–Crippen LogP) is 2.72. The van der Waals surface area contributed by atoms with Crippen LogP contribution in [0, 0.1) is 0 Å². The molecule has 132 valence electrons. The van der Waals surface area contributed by atoms with E-state index in [0.29, 0.717) is 10.6 Å². The van der Waals surface area contributed by atoms with Gasteiger partial charge in [-0.05, 0) is 6.07 Å². The smallest absolute Gasteiger partial charge is 0.416 e. The van der Waals surface area contributed by atoms with Crippen LogP contribution in [-0.4, -0.2) is 50.4 Å². The third-order valence-electron chi connectivity index (χ3n) is 3.65. The number of hydrogen-bond donors (Lipinski definition) is 0. The second kappa shape index (κ2) is 6.98. The number of imide groups is 1. The lowest BCUT2D eigenvalue weighted by Crippen LogP contribution is -2.35. The SMILES string of the molecule is COc1ccc([C@H](CC(=O)N2CCOC2=O)C(F)(F)F)c(OC)c1. The Kier molecular flexibility index (Phi) is 5.20. The third kappa shape index (κ3) is 3.72. The number of benzene rings is 1. The van der Waals surface area contributed by atoms with Crippen molar-refractivity contribution in [1.82, 2.24) is 4.90 Å². The number of rotatable bonds is 5. The molecule has 1 fully saturated rings. The van der Waals surface area contributed by atoms with Crippen LogP contribution in [0.2, 0.25) is 0 Å². The van der Waals surface area contributed by atoms with Crippen molar-refractivity contribution < 1.29 is 37.0 Å². The Bertz CT molecular complexity index is 632. The summed E-state index contributed by atoms with van der Waals surface area (Å²) in [5.74, 6) is -2.78. The van der Waals surface area contributed by atoms with E-state index in [1.807, 2.05) is 0 Å². The molecule has 0 spiro atoms. The van der Waals surface area contributed by atoms with Gasteiger partial charge in [0.2, 0.25) is 5.91 Å². The fourth-order valence-corrected chi connectivity index (χ4v) is 2.41. The van der Waals surface area contributed by atoms with Crippen LogP contribution in [0.5, 0.6) is 11.5 Å². The summed E-state index contributed by atoms with van der Waals surface area (Å²) >= 11 is 0. The van der Waals surface area contributed by atoms with Crippen molar-refractivity contribution in [3.8, 4) is 11.5 Å².